The highest BCUT2D eigenvalue weighted by Gasteiger charge is 2.25. The van der Waals surface area contributed by atoms with Crippen molar-refractivity contribution in [3.8, 4) is 11.5 Å². The highest BCUT2D eigenvalue weighted by Crippen LogP contribution is 2.32. The van der Waals surface area contributed by atoms with Gasteiger partial charge in [-0.1, -0.05) is 18.2 Å². The molecule has 0 bridgehead atoms. The zero-order valence-electron chi connectivity index (χ0n) is 21.2. The van der Waals surface area contributed by atoms with Gasteiger partial charge in [0, 0.05) is 51.0 Å². The van der Waals surface area contributed by atoms with Crippen LogP contribution in [0, 0.1) is 0 Å². The summed E-state index contributed by atoms with van der Waals surface area (Å²) in [4.78, 5) is 36.4. The van der Waals surface area contributed by atoms with Crippen molar-refractivity contribution in [2.24, 2.45) is 0 Å². The van der Waals surface area contributed by atoms with Gasteiger partial charge in [-0.25, -0.2) is 4.98 Å². The van der Waals surface area contributed by atoms with Crippen LogP contribution < -0.4 is 19.7 Å². The van der Waals surface area contributed by atoms with Gasteiger partial charge in [-0.3, -0.25) is 14.5 Å². The fourth-order valence-electron chi connectivity index (χ4n) is 4.61. The molecule has 0 spiro atoms. The van der Waals surface area contributed by atoms with E-state index in [1.165, 1.54) is 0 Å². The van der Waals surface area contributed by atoms with Gasteiger partial charge in [-0.15, -0.1) is 0 Å². The second kappa shape index (κ2) is 13.1. The number of anilines is 1. The van der Waals surface area contributed by atoms with E-state index in [0.717, 1.165) is 43.7 Å². The van der Waals surface area contributed by atoms with Crippen LogP contribution in [0.25, 0.3) is 0 Å². The lowest BCUT2D eigenvalue weighted by Crippen LogP contribution is -2.52. The van der Waals surface area contributed by atoms with Crippen molar-refractivity contribution in [3.05, 3.63) is 48.2 Å². The molecular formula is C27H37N5O4. The molecule has 0 atom stereocenters. The standard InChI is InChI=1S/C27H37N5O4/c1-2-35-23-10-8-9-22-19-30(20-25(33)29-13-5-3-7-18-36-27(22)23)21-26(34)32-16-14-31(15-17-32)24-11-4-6-12-28-24/h4,6,8-12H,2-3,5,7,13-21H2,1H3,(H,29,33). The number of amides is 2. The van der Waals surface area contributed by atoms with Gasteiger partial charge in [0.15, 0.2) is 11.5 Å². The Morgan fingerprint density at radius 3 is 2.69 bits per heavy atom. The molecule has 3 heterocycles. The highest BCUT2D eigenvalue weighted by atomic mass is 16.5. The van der Waals surface area contributed by atoms with Crippen LogP contribution in [0.2, 0.25) is 0 Å². The van der Waals surface area contributed by atoms with Crippen molar-refractivity contribution in [2.45, 2.75) is 32.7 Å². The Hall–Kier alpha value is -3.33. The normalized spacial score (nSPS) is 18.1. The first-order valence-corrected chi connectivity index (χ1v) is 12.9. The second-order valence-corrected chi connectivity index (χ2v) is 9.14. The van der Waals surface area contributed by atoms with E-state index in [-0.39, 0.29) is 24.9 Å². The van der Waals surface area contributed by atoms with Gasteiger partial charge in [0.1, 0.15) is 5.82 Å². The lowest BCUT2D eigenvalue weighted by atomic mass is 10.1. The van der Waals surface area contributed by atoms with Gasteiger partial charge in [0.2, 0.25) is 11.8 Å². The van der Waals surface area contributed by atoms with Crippen LogP contribution in [0.5, 0.6) is 11.5 Å². The molecule has 1 N–H and O–H groups in total. The number of aromatic nitrogens is 1. The summed E-state index contributed by atoms with van der Waals surface area (Å²) in [6, 6.07) is 11.7. The first kappa shape index (κ1) is 25.8. The molecular weight excluding hydrogens is 458 g/mol. The summed E-state index contributed by atoms with van der Waals surface area (Å²) in [6.07, 6.45) is 4.56. The third kappa shape index (κ3) is 7.10. The summed E-state index contributed by atoms with van der Waals surface area (Å²) in [7, 11) is 0. The van der Waals surface area contributed by atoms with Crippen LogP contribution in [0.3, 0.4) is 0 Å². The predicted molar refractivity (Wildman–Crippen MR) is 138 cm³/mol. The molecule has 0 radical (unpaired) electrons. The maximum Gasteiger partial charge on any atom is 0.236 e. The van der Waals surface area contributed by atoms with E-state index in [0.29, 0.717) is 50.9 Å². The number of para-hydroxylation sites is 1. The zero-order valence-corrected chi connectivity index (χ0v) is 21.2. The third-order valence-electron chi connectivity index (χ3n) is 6.48. The molecule has 4 rings (SSSR count). The minimum Gasteiger partial charge on any atom is -0.490 e. The number of benzene rings is 1. The number of carbonyl (C=O) groups is 2. The number of rotatable bonds is 5. The maximum atomic E-state index is 13.3. The fourth-order valence-corrected chi connectivity index (χ4v) is 4.61. The maximum absolute atomic E-state index is 13.3. The summed E-state index contributed by atoms with van der Waals surface area (Å²) in [5, 5.41) is 3.00. The summed E-state index contributed by atoms with van der Waals surface area (Å²) in [5.41, 5.74) is 0.917. The van der Waals surface area contributed by atoms with Crippen LogP contribution in [0.4, 0.5) is 5.82 Å². The highest BCUT2D eigenvalue weighted by molar-refractivity contribution is 5.81. The minimum absolute atomic E-state index is 0.0243. The molecule has 9 heteroatoms. The second-order valence-electron chi connectivity index (χ2n) is 9.14. The van der Waals surface area contributed by atoms with Crippen LogP contribution >= 0.6 is 0 Å². The Morgan fingerprint density at radius 2 is 1.92 bits per heavy atom. The Bertz CT molecular complexity index is 995. The number of piperazine rings is 1. The van der Waals surface area contributed by atoms with Crippen molar-refractivity contribution in [3.63, 3.8) is 0 Å². The van der Waals surface area contributed by atoms with Crippen molar-refractivity contribution >= 4 is 17.6 Å². The van der Waals surface area contributed by atoms with E-state index in [1.54, 1.807) is 6.20 Å². The van der Waals surface area contributed by atoms with Gasteiger partial charge >= 0.3 is 0 Å². The zero-order chi connectivity index (χ0) is 25.2. The average molecular weight is 496 g/mol. The van der Waals surface area contributed by atoms with E-state index in [1.807, 2.05) is 53.1 Å². The lowest BCUT2D eigenvalue weighted by molar-refractivity contribution is -0.133. The van der Waals surface area contributed by atoms with Gasteiger partial charge in [0.05, 0.1) is 26.3 Å². The Balaban J connectivity index is 1.46. The van der Waals surface area contributed by atoms with E-state index >= 15 is 0 Å². The van der Waals surface area contributed by atoms with Gasteiger partial charge < -0.3 is 24.6 Å². The number of pyridine rings is 1. The molecule has 2 aliphatic rings. The molecule has 0 unspecified atom stereocenters. The molecule has 9 nitrogen and oxygen atoms in total. The first-order chi connectivity index (χ1) is 17.6. The van der Waals surface area contributed by atoms with Crippen molar-refractivity contribution in [2.75, 3.05) is 63.9 Å². The quantitative estimate of drug-likeness (QED) is 0.681. The monoisotopic (exact) mass is 495 g/mol. The molecule has 1 saturated heterocycles. The molecule has 0 aliphatic carbocycles. The van der Waals surface area contributed by atoms with Crippen LogP contribution in [0.15, 0.2) is 42.6 Å². The fraction of sp³-hybridized carbons (Fsp3) is 0.519. The van der Waals surface area contributed by atoms with Crippen LogP contribution in [0.1, 0.15) is 31.7 Å². The van der Waals surface area contributed by atoms with Gasteiger partial charge in [0.25, 0.3) is 0 Å². The summed E-state index contributed by atoms with van der Waals surface area (Å²) < 4.78 is 12.0. The van der Waals surface area contributed by atoms with Gasteiger partial charge in [-0.2, -0.15) is 0 Å². The molecule has 1 aromatic heterocycles. The van der Waals surface area contributed by atoms with Crippen molar-refractivity contribution < 1.29 is 19.1 Å². The molecule has 194 valence electrons. The lowest BCUT2D eigenvalue weighted by Gasteiger charge is -2.36. The summed E-state index contributed by atoms with van der Waals surface area (Å²) in [6.45, 7) is 7.16. The predicted octanol–water partition coefficient (Wildman–Crippen LogP) is 2.31. The largest absolute Gasteiger partial charge is 0.490 e. The Kier molecular flexibility index (Phi) is 9.38. The van der Waals surface area contributed by atoms with E-state index in [9.17, 15) is 9.59 Å². The Morgan fingerprint density at radius 1 is 1.06 bits per heavy atom. The van der Waals surface area contributed by atoms with E-state index in [4.69, 9.17) is 9.47 Å². The van der Waals surface area contributed by atoms with Crippen molar-refractivity contribution in [1.82, 2.24) is 20.1 Å². The Labute approximate surface area is 213 Å². The van der Waals surface area contributed by atoms with E-state index < -0.39 is 0 Å². The summed E-state index contributed by atoms with van der Waals surface area (Å²) >= 11 is 0. The number of hydrogen-bond acceptors (Lipinski definition) is 7. The van der Waals surface area contributed by atoms with E-state index in [2.05, 4.69) is 15.2 Å². The molecule has 2 amide bonds. The molecule has 1 fully saturated rings. The number of nitrogens with one attached hydrogen (secondary N) is 1. The number of carbonyl (C=O) groups excluding carboxylic acids is 2. The molecule has 1 aromatic carbocycles. The number of fused-ring (bicyclic) bond motifs is 1. The topological polar surface area (TPSA) is 87.2 Å². The summed E-state index contributed by atoms with van der Waals surface area (Å²) in [5.74, 6) is 2.30. The SMILES string of the molecule is CCOc1cccc2c1OCCCCCNC(=O)CN(CC(=O)N1CCN(c3ccccn3)CC1)C2. The van der Waals surface area contributed by atoms with Crippen LogP contribution in [-0.4, -0.2) is 85.6 Å². The molecule has 0 saturated carbocycles. The molecule has 36 heavy (non-hydrogen) atoms. The molecule has 2 aromatic rings. The smallest absolute Gasteiger partial charge is 0.236 e. The van der Waals surface area contributed by atoms with Crippen molar-refractivity contribution in [1.29, 1.82) is 0 Å². The number of nitrogens with zero attached hydrogens (tertiary/aromatic N) is 4. The molecule has 2 aliphatic heterocycles. The first-order valence-electron chi connectivity index (χ1n) is 12.9. The van der Waals surface area contributed by atoms with Crippen LogP contribution in [-0.2, 0) is 16.1 Å². The third-order valence-corrected chi connectivity index (χ3v) is 6.48. The number of ether oxygens (including phenoxy) is 2. The number of hydrogen-bond donors (Lipinski definition) is 1. The minimum atomic E-state index is -0.0644. The van der Waals surface area contributed by atoms with Gasteiger partial charge in [-0.05, 0) is 44.4 Å². The average Bonchev–Trinajstić information content (AvgIpc) is 2.91.